The maximum absolute atomic E-state index is 13.1. The van der Waals surface area contributed by atoms with Crippen LogP contribution in [0.2, 0.25) is 0 Å². The van der Waals surface area contributed by atoms with Crippen molar-refractivity contribution in [2.45, 2.75) is 56.8 Å². The zero-order chi connectivity index (χ0) is 21.8. The Kier molecular flexibility index (Phi) is 6.66. The van der Waals surface area contributed by atoms with Gasteiger partial charge >= 0.3 is 0 Å². The molecule has 0 aromatic heterocycles. The quantitative estimate of drug-likeness (QED) is 0.727. The maximum Gasteiger partial charge on any atom is 0.251 e. The number of ether oxygens (including phenoxy) is 3. The highest BCUT2D eigenvalue weighted by atomic mass is 16.5. The van der Waals surface area contributed by atoms with Gasteiger partial charge in [-0.05, 0) is 43.4 Å². The molecule has 31 heavy (non-hydrogen) atoms. The van der Waals surface area contributed by atoms with Crippen molar-refractivity contribution in [2.24, 2.45) is 0 Å². The van der Waals surface area contributed by atoms with Gasteiger partial charge in [-0.3, -0.25) is 9.69 Å². The van der Waals surface area contributed by atoms with E-state index in [1.54, 1.807) is 33.5 Å². The molecule has 0 unspecified atom stereocenters. The van der Waals surface area contributed by atoms with Gasteiger partial charge in [0.1, 0.15) is 0 Å². The third-order valence-electron chi connectivity index (χ3n) is 6.60. The molecule has 4 rings (SSSR count). The van der Waals surface area contributed by atoms with Crippen LogP contribution < -0.4 is 19.5 Å². The van der Waals surface area contributed by atoms with Crippen LogP contribution in [0.5, 0.6) is 17.2 Å². The van der Waals surface area contributed by atoms with Crippen molar-refractivity contribution in [1.82, 2.24) is 10.2 Å². The highest BCUT2D eigenvalue weighted by Crippen LogP contribution is 2.39. The molecule has 2 aromatic carbocycles. The SMILES string of the molecule is COc1cc(C(=O)NC2C[C@H]3CCC[C@H](C2)N3Cc2ccccc2)cc(OC)c1OC. The van der Waals surface area contributed by atoms with Crippen LogP contribution >= 0.6 is 0 Å². The summed E-state index contributed by atoms with van der Waals surface area (Å²) >= 11 is 0. The van der Waals surface area contributed by atoms with Crippen molar-refractivity contribution >= 4 is 5.91 Å². The molecule has 1 N–H and O–H groups in total. The number of amides is 1. The van der Waals surface area contributed by atoms with E-state index in [1.165, 1.54) is 24.8 Å². The van der Waals surface area contributed by atoms with Gasteiger partial charge in [0.2, 0.25) is 5.75 Å². The summed E-state index contributed by atoms with van der Waals surface area (Å²) in [7, 11) is 4.67. The number of piperidine rings is 2. The Morgan fingerprint density at radius 1 is 0.968 bits per heavy atom. The minimum Gasteiger partial charge on any atom is -0.493 e. The molecule has 0 saturated carbocycles. The van der Waals surface area contributed by atoms with Gasteiger partial charge in [-0.2, -0.15) is 0 Å². The molecule has 0 aliphatic carbocycles. The Balaban J connectivity index is 1.45. The number of fused-ring (bicyclic) bond motifs is 2. The molecule has 2 aliphatic heterocycles. The number of nitrogens with zero attached hydrogens (tertiary/aromatic N) is 1. The lowest BCUT2D eigenvalue weighted by atomic mass is 9.81. The standard InChI is InChI=1S/C25H32N2O4/c1-29-22-12-18(13-23(30-2)24(22)31-3)25(28)26-19-14-20-10-7-11-21(15-19)27(20)16-17-8-5-4-6-9-17/h4-6,8-9,12-13,19-21H,7,10-11,14-16H2,1-3H3,(H,26,28)/t20-,21-/m1/s1. The molecule has 0 radical (unpaired) electrons. The molecule has 2 saturated heterocycles. The lowest BCUT2D eigenvalue weighted by Gasteiger charge is -2.49. The summed E-state index contributed by atoms with van der Waals surface area (Å²) in [4.78, 5) is 15.7. The Labute approximate surface area is 184 Å². The first-order valence-electron chi connectivity index (χ1n) is 11.0. The van der Waals surface area contributed by atoms with Crippen LogP contribution in [-0.4, -0.2) is 50.3 Å². The van der Waals surface area contributed by atoms with Gasteiger partial charge in [0.25, 0.3) is 5.91 Å². The third-order valence-corrected chi connectivity index (χ3v) is 6.60. The molecule has 2 fully saturated rings. The van der Waals surface area contributed by atoms with E-state index < -0.39 is 0 Å². The zero-order valence-electron chi connectivity index (χ0n) is 18.6. The fraction of sp³-hybridized carbons (Fsp3) is 0.480. The molecule has 2 aromatic rings. The molecule has 2 bridgehead atoms. The summed E-state index contributed by atoms with van der Waals surface area (Å²) in [5, 5.41) is 3.27. The third kappa shape index (κ3) is 4.64. The second-order valence-electron chi connectivity index (χ2n) is 8.45. The highest BCUT2D eigenvalue weighted by molar-refractivity contribution is 5.95. The van der Waals surface area contributed by atoms with Crippen molar-refractivity contribution in [2.75, 3.05) is 21.3 Å². The summed E-state index contributed by atoms with van der Waals surface area (Å²) in [6.07, 6.45) is 5.63. The van der Waals surface area contributed by atoms with E-state index in [-0.39, 0.29) is 11.9 Å². The number of hydrogen-bond donors (Lipinski definition) is 1. The molecule has 1 amide bonds. The molecule has 166 valence electrons. The summed E-state index contributed by atoms with van der Waals surface area (Å²) in [6.45, 7) is 0.990. The van der Waals surface area contributed by atoms with Crippen LogP contribution in [0, 0.1) is 0 Å². The van der Waals surface area contributed by atoms with E-state index in [1.807, 2.05) is 0 Å². The number of methoxy groups -OCH3 is 3. The number of carbonyl (C=O) groups is 1. The van der Waals surface area contributed by atoms with E-state index in [9.17, 15) is 4.79 Å². The predicted molar refractivity (Wildman–Crippen MR) is 120 cm³/mol. The number of carbonyl (C=O) groups excluding carboxylic acids is 1. The monoisotopic (exact) mass is 424 g/mol. The Bertz CT molecular complexity index is 863. The second kappa shape index (κ2) is 9.60. The van der Waals surface area contributed by atoms with Crippen LogP contribution in [0.4, 0.5) is 0 Å². The van der Waals surface area contributed by atoms with E-state index in [2.05, 4.69) is 40.5 Å². The smallest absolute Gasteiger partial charge is 0.251 e. The average molecular weight is 425 g/mol. The van der Waals surface area contributed by atoms with Crippen LogP contribution in [0.25, 0.3) is 0 Å². The minimum atomic E-state index is -0.0983. The molecule has 0 spiro atoms. The van der Waals surface area contributed by atoms with Crippen LogP contribution in [0.3, 0.4) is 0 Å². The zero-order valence-corrected chi connectivity index (χ0v) is 18.6. The van der Waals surface area contributed by atoms with Gasteiger partial charge in [0.15, 0.2) is 11.5 Å². The molecular weight excluding hydrogens is 392 g/mol. The molecule has 6 heteroatoms. The number of rotatable bonds is 7. The Morgan fingerprint density at radius 2 is 1.58 bits per heavy atom. The molecule has 2 heterocycles. The van der Waals surface area contributed by atoms with Gasteiger partial charge in [-0.25, -0.2) is 0 Å². The fourth-order valence-corrected chi connectivity index (χ4v) is 5.13. The van der Waals surface area contributed by atoms with Gasteiger partial charge in [0, 0.05) is 30.2 Å². The second-order valence-corrected chi connectivity index (χ2v) is 8.45. The Morgan fingerprint density at radius 3 is 2.13 bits per heavy atom. The first-order valence-corrected chi connectivity index (χ1v) is 11.0. The predicted octanol–water partition coefficient (Wildman–Crippen LogP) is 4.03. The van der Waals surface area contributed by atoms with Crippen molar-refractivity contribution in [3.8, 4) is 17.2 Å². The van der Waals surface area contributed by atoms with Crippen molar-refractivity contribution in [1.29, 1.82) is 0 Å². The lowest BCUT2D eigenvalue weighted by molar-refractivity contribution is 0.0177. The summed E-state index contributed by atoms with van der Waals surface area (Å²) in [6, 6.07) is 15.3. The van der Waals surface area contributed by atoms with Crippen LogP contribution in [0.15, 0.2) is 42.5 Å². The highest BCUT2D eigenvalue weighted by Gasteiger charge is 2.38. The first-order chi connectivity index (χ1) is 15.1. The number of benzene rings is 2. The Hall–Kier alpha value is -2.73. The molecule has 2 atom stereocenters. The summed E-state index contributed by atoms with van der Waals surface area (Å²) < 4.78 is 16.2. The van der Waals surface area contributed by atoms with Gasteiger partial charge in [-0.15, -0.1) is 0 Å². The van der Waals surface area contributed by atoms with Crippen LogP contribution in [-0.2, 0) is 6.54 Å². The van der Waals surface area contributed by atoms with E-state index in [0.717, 1.165) is 19.4 Å². The number of nitrogens with one attached hydrogen (secondary N) is 1. The minimum absolute atomic E-state index is 0.0983. The summed E-state index contributed by atoms with van der Waals surface area (Å²) in [5.41, 5.74) is 1.88. The van der Waals surface area contributed by atoms with Crippen LogP contribution in [0.1, 0.15) is 48.0 Å². The van der Waals surface area contributed by atoms with E-state index in [0.29, 0.717) is 34.9 Å². The van der Waals surface area contributed by atoms with E-state index in [4.69, 9.17) is 14.2 Å². The van der Waals surface area contributed by atoms with Crippen molar-refractivity contribution in [3.05, 3.63) is 53.6 Å². The van der Waals surface area contributed by atoms with E-state index >= 15 is 0 Å². The number of hydrogen-bond acceptors (Lipinski definition) is 5. The van der Waals surface area contributed by atoms with Crippen molar-refractivity contribution in [3.63, 3.8) is 0 Å². The molecule has 2 aliphatic rings. The largest absolute Gasteiger partial charge is 0.493 e. The lowest BCUT2D eigenvalue weighted by Crippen LogP contribution is -2.56. The van der Waals surface area contributed by atoms with Crippen molar-refractivity contribution < 1.29 is 19.0 Å². The average Bonchev–Trinajstić information content (AvgIpc) is 2.79. The maximum atomic E-state index is 13.1. The first kappa shape index (κ1) is 21.5. The fourth-order valence-electron chi connectivity index (χ4n) is 5.13. The van der Waals surface area contributed by atoms with Gasteiger partial charge in [-0.1, -0.05) is 36.8 Å². The van der Waals surface area contributed by atoms with Gasteiger partial charge in [0.05, 0.1) is 21.3 Å². The summed E-state index contributed by atoms with van der Waals surface area (Å²) in [5.74, 6) is 1.37. The topological polar surface area (TPSA) is 60.0 Å². The van der Waals surface area contributed by atoms with Gasteiger partial charge < -0.3 is 19.5 Å². The molecule has 6 nitrogen and oxygen atoms in total. The molecular formula is C25H32N2O4. The normalized spacial score (nSPS) is 23.1.